The molecule has 1 N–H and O–H groups in total. The minimum absolute atomic E-state index is 0.0564. The van der Waals surface area contributed by atoms with Gasteiger partial charge in [-0.15, -0.1) is 0 Å². The van der Waals surface area contributed by atoms with Crippen molar-refractivity contribution in [3.8, 4) is 5.75 Å². The zero-order valence-electron chi connectivity index (χ0n) is 11.0. The number of hydrogen-bond acceptors (Lipinski definition) is 4. The van der Waals surface area contributed by atoms with Crippen LogP contribution in [0, 0.1) is 17.0 Å². The molecule has 1 unspecified atom stereocenters. The van der Waals surface area contributed by atoms with Gasteiger partial charge in [0.2, 0.25) is 0 Å². The van der Waals surface area contributed by atoms with E-state index in [0.29, 0.717) is 11.3 Å². The van der Waals surface area contributed by atoms with Crippen LogP contribution in [-0.4, -0.2) is 16.6 Å². The van der Waals surface area contributed by atoms with Crippen LogP contribution in [-0.2, 0) is 0 Å². The molecule has 1 atom stereocenters. The van der Waals surface area contributed by atoms with Crippen molar-refractivity contribution < 1.29 is 14.8 Å². The number of aliphatic hydroxyl groups is 1. The lowest BCUT2D eigenvalue weighted by atomic mass is 10.1. The summed E-state index contributed by atoms with van der Waals surface area (Å²) in [6, 6.07) is 13.7. The average Bonchev–Trinajstić information content (AvgIpc) is 2.45. The van der Waals surface area contributed by atoms with Crippen LogP contribution < -0.4 is 4.74 Å². The zero-order valence-corrected chi connectivity index (χ0v) is 11.0. The molecular weight excluding hydrogens is 258 g/mol. The molecule has 0 bridgehead atoms. The first-order valence-electron chi connectivity index (χ1n) is 6.19. The molecule has 0 aromatic heterocycles. The molecule has 5 heteroatoms. The molecule has 0 saturated carbocycles. The van der Waals surface area contributed by atoms with Crippen molar-refractivity contribution in [2.45, 2.75) is 13.0 Å². The van der Waals surface area contributed by atoms with E-state index in [1.807, 2.05) is 30.3 Å². The molecule has 0 spiro atoms. The first-order valence-corrected chi connectivity index (χ1v) is 6.19. The fourth-order valence-corrected chi connectivity index (χ4v) is 1.87. The molecule has 5 nitrogen and oxygen atoms in total. The largest absolute Gasteiger partial charge is 0.491 e. The number of benzene rings is 2. The summed E-state index contributed by atoms with van der Waals surface area (Å²) in [5.41, 5.74) is 1.36. The minimum atomic E-state index is -0.730. The molecule has 2 aromatic carbocycles. The minimum Gasteiger partial charge on any atom is -0.491 e. The van der Waals surface area contributed by atoms with E-state index in [4.69, 9.17) is 4.74 Å². The highest BCUT2D eigenvalue weighted by Crippen LogP contribution is 2.24. The number of ether oxygens (including phenoxy) is 1. The maximum atomic E-state index is 10.7. The van der Waals surface area contributed by atoms with Crippen LogP contribution >= 0.6 is 0 Å². The Morgan fingerprint density at radius 2 is 1.95 bits per heavy atom. The van der Waals surface area contributed by atoms with Gasteiger partial charge in [-0.05, 0) is 24.6 Å². The summed E-state index contributed by atoms with van der Waals surface area (Å²) in [7, 11) is 0. The standard InChI is InChI=1S/C15H15NO4/c1-11-9-13(7-8-14(11)16(18)19)20-10-15(17)12-5-3-2-4-6-12/h2-9,15,17H,10H2,1H3. The van der Waals surface area contributed by atoms with Gasteiger partial charge in [-0.3, -0.25) is 10.1 Å². The number of nitro groups is 1. The van der Waals surface area contributed by atoms with Crippen LogP contribution in [0.5, 0.6) is 5.75 Å². The molecule has 0 radical (unpaired) electrons. The summed E-state index contributed by atoms with van der Waals surface area (Å²) >= 11 is 0. The van der Waals surface area contributed by atoms with E-state index in [2.05, 4.69) is 0 Å². The van der Waals surface area contributed by atoms with Crippen molar-refractivity contribution in [3.05, 3.63) is 69.8 Å². The van der Waals surface area contributed by atoms with Crippen LogP contribution in [0.3, 0.4) is 0 Å². The number of aryl methyl sites for hydroxylation is 1. The van der Waals surface area contributed by atoms with Gasteiger partial charge in [0.05, 0.1) is 4.92 Å². The predicted molar refractivity (Wildman–Crippen MR) is 74.7 cm³/mol. The SMILES string of the molecule is Cc1cc(OCC(O)c2ccccc2)ccc1[N+](=O)[O-]. The molecule has 2 aromatic rings. The Kier molecular flexibility index (Phi) is 4.32. The molecular formula is C15H15NO4. The molecule has 0 aliphatic carbocycles. The quantitative estimate of drug-likeness (QED) is 0.671. The van der Waals surface area contributed by atoms with Crippen LogP contribution in [0.25, 0.3) is 0 Å². The van der Waals surface area contributed by atoms with Gasteiger partial charge in [-0.25, -0.2) is 0 Å². The van der Waals surface area contributed by atoms with Crippen molar-refractivity contribution in [1.82, 2.24) is 0 Å². The summed E-state index contributed by atoms with van der Waals surface area (Å²) in [6.45, 7) is 1.75. The lowest BCUT2D eigenvalue weighted by Crippen LogP contribution is -2.09. The van der Waals surface area contributed by atoms with E-state index in [-0.39, 0.29) is 12.3 Å². The molecule has 0 heterocycles. The monoisotopic (exact) mass is 273 g/mol. The Morgan fingerprint density at radius 1 is 1.25 bits per heavy atom. The fraction of sp³-hybridized carbons (Fsp3) is 0.200. The van der Waals surface area contributed by atoms with Gasteiger partial charge in [-0.2, -0.15) is 0 Å². The van der Waals surface area contributed by atoms with E-state index < -0.39 is 11.0 Å². The van der Waals surface area contributed by atoms with Gasteiger partial charge in [-0.1, -0.05) is 30.3 Å². The van der Waals surface area contributed by atoms with E-state index in [1.54, 1.807) is 13.0 Å². The van der Waals surface area contributed by atoms with Crippen LogP contribution in [0.4, 0.5) is 5.69 Å². The van der Waals surface area contributed by atoms with Crippen molar-refractivity contribution in [2.75, 3.05) is 6.61 Å². The van der Waals surface area contributed by atoms with Gasteiger partial charge in [0.25, 0.3) is 5.69 Å². The van der Waals surface area contributed by atoms with Crippen molar-refractivity contribution in [3.63, 3.8) is 0 Å². The van der Waals surface area contributed by atoms with Crippen molar-refractivity contribution >= 4 is 5.69 Å². The maximum absolute atomic E-state index is 10.7. The Hall–Kier alpha value is -2.40. The van der Waals surface area contributed by atoms with E-state index in [1.165, 1.54) is 12.1 Å². The van der Waals surface area contributed by atoms with Gasteiger partial charge in [0.1, 0.15) is 18.5 Å². The first-order chi connectivity index (χ1) is 9.58. The highest BCUT2D eigenvalue weighted by Gasteiger charge is 2.12. The second kappa shape index (κ2) is 6.16. The molecule has 0 fully saturated rings. The van der Waals surface area contributed by atoms with Crippen molar-refractivity contribution in [1.29, 1.82) is 0 Å². The maximum Gasteiger partial charge on any atom is 0.272 e. The Morgan fingerprint density at radius 3 is 2.55 bits per heavy atom. The Labute approximate surface area is 116 Å². The molecule has 2 rings (SSSR count). The topological polar surface area (TPSA) is 72.6 Å². The third-order valence-electron chi connectivity index (χ3n) is 2.96. The van der Waals surface area contributed by atoms with Crippen LogP contribution in [0.2, 0.25) is 0 Å². The summed E-state index contributed by atoms with van der Waals surface area (Å²) in [5.74, 6) is 0.503. The van der Waals surface area contributed by atoms with Gasteiger partial charge < -0.3 is 9.84 Å². The highest BCUT2D eigenvalue weighted by atomic mass is 16.6. The molecule has 20 heavy (non-hydrogen) atoms. The van der Waals surface area contributed by atoms with Gasteiger partial charge in [0, 0.05) is 11.6 Å². The molecule has 0 aliphatic heterocycles. The van der Waals surface area contributed by atoms with E-state index >= 15 is 0 Å². The highest BCUT2D eigenvalue weighted by molar-refractivity contribution is 5.44. The number of nitro benzene ring substituents is 1. The third-order valence-corrected chi connectivity index (χ3v) is 2.96. The summed E-state index contributed by atoms with van der Waals surface area (Å²) < 4.78 is 5.47. The van der Waals surface area contributed by atoms with Crippen molar-refractivity contribution in [2.24, 2.45) is 0 Å². The lowest BCUT2D eigenvalue weighted by Gasteiger charge is -2.13. The Balaban J connectivity index is 2.01. The average molecular weight is 273 g/mol. The number of nitrogens with zero attached hydrogens (tertiary/aromatic N) is 1. The molecule has 0 amide bonds. The van der Waals surface area contributed by atoms with Gasteiger partial charge >= 0.3 is 0 Å². The molecule has 0 saturated heterocycles. The summed E-state index contributed by atoms with van der Waals surface area (Å²) in [5, 5.41) is 20.7. The summed E-state index contributed by atoms with van der Waals surface area (Å²) in [4.78, 5) is 10.3. The zero-order chi connectivity index (χ0) is 14.5. The van der Waals surface area contributed by atoms with Crippen LogP contribution in [0.1, 0.15) is 17.2 Å². The summed E-state index contributed by atoms with van der Waals surface area (Å²) in [6.07, 6.45) is -0.730. The smallest absolute Gasteiger partial charge is 0.272 e. The second-order valence-electron chi connectivity index (χ2n) is 4.44. The number of hydrogen-bond donors (Lipinski definition) is 1. The van der Waals surface area contributed by atoms with Gasteiger partial charge in [0.15, 0.2) is 0 Å². The van der Waals surface area contributed by atoms with E-state index in [9.17, 15) is 15.2 Å². The third kappa shape index (κ3) is 3.33. The fourth-order valence-electron chi connectivity index (χ4n) is 1.87. The van der Waals surface area contributed by atoms with Crippen LogP contribution in [0.15, 0.2) is 48.5 Å². The Bertz CT molecular complexity index is 598. The lowest BCUT2D eigenvalue weighted by molar-refractivity contribution is -0.385. The van der Waals surface area contributed by atoms with E-state index in [0.717, 1.165) is 5.56 Å². The molecule has 0 aliphatic rings. The number of rotatable bonds is 5. The second-order valence-corrected chi connectivity index (χ2v) is 4.44. The first kappa shape index (κ1) is 14.0. The number of aliphatic hydroxyl groups excluding tert-OH is 1. The normalized spacial score (nSPS) is 11.9. The molecule has 104 valence electrons. The predicted octanol–water partition coefficient (Wildman–Crippen LogP) is 3.02.